The molecule has 0 bridgehead atoms. The molecule has 1 saturated carbocycles. The Balaban J connectivity index is 1.65. The lowest BCUT2D eigenvalue weighted by Gasteiger charge is -2.28. The second kappa shape index (κ2) is 8.87. The van der Waals surface area contributed by atoms with E-state index in [0.717, 1.165) is 25.7 Å². The van der Waals surface area contributed by atoms with Gasteiger partial charge >= 0.3 is 6.09 Å². The second-order valence-electron chi connectivity index (χ2n) is 7.92. The van der Waals surface area contributed by atoms with Crippen molar-refractivity contribution in [2.75, 3.05) is 13.2 Å². The van der Waals surface area contributed by atoms with E-state index in [1.807, 2.05) is 20.8 Å². The maximum atomic E-state index is 11.7. The molecule has 1 aliphatic carbocycles. The molecule has 0 saturated heterocycles. The number of benzene rings is 1. The smallest absolute Gasteiger partial charge is 0.407 e. The molecule has 1 fully saturated rings. The zero-order valence-corrected chi connectivity index (χ0v) is 15.7. The fourth-order valence-corrected chi connectivity index (χ4v) is 2.98. The maximum absolute atomic E-state index is 11.7. The van der Waals surface area contributed by atoms with Gasteiger partial charge in [-0.15, -0.1) is 0 Å². The minimum absolute atomic E-state index is 0.0633. The zero-order valence-electron chi connectivity index (χ0n) is 15.7. The summed E-state index contributed by atoms with van der Waals surface area (Å²) in [5.41, 5.74) is -0.224. The van der Waals surface area contributed by atoms with Crippen LogP contribution in [0.4, 0.5) is 10.5 Å². The Morgan fingerprint density at radius 1 is 1.12 bits per heavy atom. The molecule has 2 rings (SSSR count). The minimum atomic E-state index is -0.422. The van der Waals surface area contributed by atoms with Gasteiger partial charge in [0.25, 0.3) is 5.69 Å². The third-order valence-electron chi connectivity index (χ3n) is 4.43. The average molecular weight is 364 g/mol. The molecular weight excluding hydrogens is 336 g/mol. The number of nitrogens with zero attached hydrogens (tertiary/aromatic N) is 1. The molecule has 26 heavy (non-hydrogen) atoms. The van der Waals surface area contributed by atoms with Crippen LogP contribution in [0, 0.1) is 22.0 Å². The number of carbonyl (C=O) groups excluding carboxylic acids is 1. The highest BCUT2D eigenvalue weighted by Gasteiger charge is 2.23. The first-order chi connectivity index (χ1) is 12.2. The number of hydrogen-bond acceptors (Lipinski definition) is 5. The Bertz CT molecular complexity index is 601. The highest BCUT2D eigenvalue weighted by Crippen LogP contribution is 2.30. The molecule has 1 aromatic carbocycles. The van der Waals surface area contributed by atoms with Crippen molar-refractivity contribution in [2.45, 2.75) is 52.0 Å². The van der Waals surface area contributed by atoms with E-state index in [4.69, 9.17) is 9.47 Å². The molecule has 7 nitrogen and oxygen atoms in total. The van der Waals surface area contributed by atoms with Crippen LogP contribution >= 0.6 is 0 Å². The lowest BCUT2D eigenvalue weighted by Crippen LogP contribution is -2.41. The number of nitro benzene ring substituents is 1. The normalized spacial score (nSPS) is 20.3. The van der Waals surface area contributed by atoms with Gasteiger partial charge in [0.1, 0.15) is 5.75 Å². The van der Waals surface area contributed by atoms with Crippen LogP contribution in [-0.4, -0.2) is 29.8 Å². The lowest BCUT2D eigenvalue weighted by molar-refractivity contribution is -0.384. The molecule has 1 amide bonds. The minimum Gasteiger partial charge on any atom is -0.493 e. The number of nitro groups is 1. The Morgan fingerprint density at radius 2 is 1.65 bits per heavy atom. The van der Waals surface area contributed by atoms with Gasteiger partial charge in [-0.3, -0.25) is 10.1 Å². The number of alkyl carbamates (subject to hydrolysis) is 1. The predicted octanol–water partition coefficient (Wildman–Crippen LogP) is 4.30. The van der Waals surface area contributed by atoms with Gasteiger partial charge in [0.05, 0.1) is 18.1 Å². The Kier molecular flexibility index (Phi) is 6.83. The molecule has 1 aliphatic rings. The molecule has 0 radical (unpaired) electrons. The Morgan fingerprint density at radius 3 is 2.15 bits per heavy atom. The fourth-order valence-electron chi connectivity index (χ4n) is 2.98. The summed E-state index contributed by atoms with van der Waals surface area (Å²) < 4.78 is 11.1. The average Bonchev–Trinajstić information content (AvgIpc) is 2.58. The summed E-state index contributed by atoms with van der Waals surface area (Å²) in [6.45, 7) is 6.83. The van der Waals surface area contributed by atoms with Crippen LogP contribution in [-0.2, 0) is 4.74 Å². The predicted molar refractivity (Wildman–Crippen MR) is 98.3 cm³/mol. The van der Waals surface area contributed by atoms with Crippen molar-refractivity contribution >= 4 is 11.8 Å². The molecule has 144 valence electrons. The SMILES string of the molecule is CC(C)(C)NC(=O)OCC1CCC(COc2ccc([N+](=O)[O-])cc2)CC1. The van der Waals surface area contributed by atoms with Crippen molar-refractivity contribution in [3.63, 3.8) is 0 Å². The molecular formula is C19H28N2O5. The first-order valence-electron chi connectivity index (χ1n) is 9.05. The summed E-state index contributed by atoms with van der Waals surface area (Å²) >= 11 is 0. The van der Waals surface area contributed by atoms with Gasteiger partial charge in [0.15, 0.2) is 0 Å². The summed E-state index contributed by atoms with van der Waals surface area (Å²) in [5.74, 6) is 1.51. The molecule has 0 unspecified atom stereocenters. The molecule has 1 N–H and O–H groups in total. The molecule has 0 spiro atoms. The zero-order chi connectivity index (χ0) is 19.2. The van der Waals surface area contributed by atoms with Gasteiger partial charge in [-0.25, -0.2) is 4.79 Å². The van der Waals surface area contributed by atoms with Crippen LogP contribution in [0.2, 0.25) is 0 Å². The lowest BCUT2D eigenvalue weighted by atomic mass is 9.83. The van der Waals surface area contributed by atoms with Crippen molar-refractivity contribution in [3.8, 4) is 5.75 Å². The van der Waals surface area contributed by atoms with Gasteiger partial charge in [0.2, 0.25) is 0 Å². The number of rotatable bonds is 6. The van der Waals surface area contributed by atoms with Crippen LogP contribution < -0.4 is 10.1 Å². The van der Waals surface area contributed by atoms with Crippen LogP contribution in [0.25, 0.3) is 0 Å². The van der Waals surface area contributed by atoms with E-state index in [1.54, 1.807) is 12.1 Å². The monoisotopic (exact) mass is 364 g/mol. The standard InChI is InChI=1S/C19H28N2O5/c1-19(2,3)20-18(22)26-13-15-6-4-14(5-7-15)12-25-17-10-8-16(9-11-17)21(23)24/h8-11,14-15H,4-7,12-13H2,1-3H3,(H,20,22). The maximum Gasteiger partial charge on any atom is 0.407 e. The van der Waals surface area contributed by atoms with E-state index in [1.165, 1.54) is 12.1 Å². The van der Waals surface area contributed by atoms with Crippen molar-refractivity contribution in [2.24, 2.45) is 11.8 Å². The summed E-state index contributed by atoms with van der Waals surface area (Å²) in [6.07, 6.45) is 3.72. The molecule has 1 aromatic rings. The topological polar surface area (TPSA) is 90.7 Å². The summed E-state index contributed by atoms with van der Waals surface area (Å²) in [6, 6.07) is 6.16. The van der Waals surface area contributed by atoms with E-state index in [-0.39, 0.29) is 17.3 Å². The van der Waals surface area contributed by atoms with Crippen molar-refractivity contribution in [1.29, 1.82) is 0 Å². The van der Waals surface area contributed by atoms with E-state index in [9.17, 15) is 14.9 Å². The highest BCUT2D eigenvalue weighted by atomic mass is 16.6. The number of ether oxygens (including phenoxy) is 2. The van der Waals surface area contributed by atoms with Gasteiger partial charge < -0.3 is 14.8 Å². The number of non-ortho nitro benzene ring substituents is 1. The Hall–Kier alpha value is -2.31. The van der Waals surface area contributed by atoms with Crippen LogP contribution in [0.15, 0.2) is 24.3 Å². The van der Waals surface area contributed by atoms with E-state index >= 15 is 0 Å². The van der Waals surface area contributed by atoms with Gasteiger partial charge in [0, 0.05) is 17.7 Å². The van der Waals surface area contributed by atoms with Crippen LogP contribution in [0.1, 0.15) is 46.5 Å². The van der Waals surface area contributed by atoms with Crippen molar-refractivity contribution in [1.82, 2.24) is 5.32 Å². The quantitative estimate of drug-likeness (QED) is 0.600. The molecule has 0 heterocycles. The summed E-state index contributed by atoms with van der Waals surface area (Å²) in [5, 5.41) is 13.4. The van der Waals surface area contributed by atoms with Crippen LogP contribution in [0.5, 0.6) is 5.75 Å². The largest absolute Gasteiger partial charge is 0.493 e. The molecule has 0 aliphatic heterocycles. The highest BCUT2D eigenvalue weighted by molar-refractivity contribution is 5.68. The van der Waals surface area contributed by atoms with Gasteiger partial charge in [-0.05, 0) is 70.4 Å². The number of amides is 1. The fraction of sp³-hybridized carbons (Fsp3) is 0.632. The van der Waals surface area contributed by atoms with Crippen molar-refractivity contribution < 1.29 is 19.2 Å². The summed E-state index contributed by atoms with van der Waals surface area (Å²) in [7, 11) is 0. The first-order valence-corrected chi connectivity index (χ1v) is 9.05. The number of carbonyl (C=O) groups is 1. The van der Waals surface area contributed by atoms with Crippen LogP contribution in [0.3, 0.4) is 0 Å². The molecule has 0 aromatic heterocycles. The number of hydrogen-bond donors (Lipinski definition) is 1. The third kappa shape index (κ3) is 6.90. The summed E-state index contributed by atoms with van der Waals surface area (Å²) in [4.78, 5) is 21.9. The second-order valence-corrected chi connectivity index (χ2v) is 7.92. The molecule has 7 heteroatoms. The Labute approximate surface area is 154 Å². The first kappa shape index (κ1) is 20.0. The van der Waals surface area contributed by atoms with Gasteiger partial charge in [-0.1, -0.05) is 0 Å². The van der Waals surface area contributed by atoms with Crippen molar-refractivity contribution in [3.05, 3.63) is 34.4 Å². The van der Waals surface area contributed by atoms with E-state index in [2.05, 4.69) is 5.32 Å². The van der Waals surface area contributed by atoms with E-state index in [0.29, 0.717) is 30.8 Å². The molecule has 0 atom stereocenters. The third-order valence-corrected chi connectivity index (χ3v) is 4.43. The number of nitrogens with one attached hydrogen (secondary N) is 1. The van der Waals surface area contributed by atoms with Gasteiger partial charge in [-0.2, -0.15) is 0 Å². The van der Waals surface area contributed by atoms with E-state index < -0.39 is 4.92 Å².